The first-order chi connectivity index (χ1) is 20.6. The summed E-state index contributed by atoms with van der Waals surface area (Å²) in [6, 6.07) is 29.9. The molecule has 0 atom stereocenters. The fraction of sp³-hybridized carbons (Fsp3) is 0.171. The Bertz CT molecular complexity index is 1510. The van der Waals surface area contributed by atoms with Gasteiger partial charge in [-0.1, -0.05) is 54.6 Å². The van der Waals surface area contributed by atoms with Crippen molar-refractivity contribution in [2.24, 2.45) is 0 Å². The lowest BCUT2D eigenvalue weighted by molar-refractivity contribution is 0.000620. The fourth-order valence-electron chi connectivity index (χ4n) is 6.02. The Morgan fingerprint density at radius 1 is 0.488 bits per heavy atom. The molecule has 0 saturated carbocycles. The highest BCUT2D eigenvalue weighted by Gasteiger charge is 2.49. The highest BCUT2D eigenvalue weighted by atomic mass is 28.4. The lowest BCUT2D eigenvalue weighted by atomic mass is 9.81. The molecule has 2 heterocycles. The van der Waals surface area contributed by atoms with Crippen molar-refractivity contribution in [2.45, 2.75) is 37.1 Å². The third kappa shape index (κ3) is 5.78. The Balaban J connectivity index is 1.63. The van der Waals surface area contributed by atoms with Gasteiger partial charge in [-0.05, 0) is 96.0 Å². The predicted molar refractivity (Wildman–Crippen MR) is 158 cm³/mol. The zero-order valence-corrected chi connectivity index (χ0v) is 24.7. The SMILES string of the molecule is C[Si]1(C)OC(c2ccc(F)cc2)(c2ccc(F)cc2)Cc2cccc(n2)CC(c2ccc(F)cc2)(c2ccc(F)cc2)O1. The smallest absolute Gasteiger partial charge is 0.333 e. The Hall–Kier alpha value is -4.11. The van der Waals surface area contributed by atoms with Crippen molar-refractivity contribution in [1.29, 1.82) is 0 Å². The molecular formula is C35H29F4NO2Si. The minimum absolute atomic E-state index is 0.262. The number of benzene rings is 4. The maximum Gasteiger partial charge on any atom is 0.333 e. The number of fused-ring (bicyclic) bond motifs is 2. The lowest BCUT2D eigenvalue weighted by Crippen LogP contribution is -2.53. The molecule has 1 aromatic heterocycles. The van der Waals surface area contributed by atoms with Crippen LogP contribution < -0.4 is 0 Å². The van der Waals surface area contributed by atoms with Crippen molar-refractivity contribution in [3.8, 4) is 0 Å². The first kappa shape index (κ1) is 29.0. The molecule has 0 fully saturated rings. The van der Waals surface area contributed by atoms with Gasteiger partial charge in [0, 0.05) is 24.2 Å². The first-order valence-corrected chi connectivity index (χ1v) is 16.8. The molecule has 0 N–H and O–H groups in total. The van der Waals surface area contributed by atoms with Crippen molar-refractivity contribution in [1.82, 2.24) is 4.98 Å². The van der Waals surface area contributed by atoms with Crippen LogP contribution in [0.4, 0.5) is 17.6 Å². The molecule has 4 aromatic carbocycles. The summed E-state index contributed by atoms with van der Waals surface area (Å²) in [7, 11) is -3.31. The summed E-state index contributed by atoms with van der Waals surface area (Å²) < 4.78 is 71.1. The molecule has 3 nitrogen and oxygen atoms in total. The van der Waals surface area contributed by atoms with E-state index in [2.05, 4.69) is 0 Å². The minimum Gasteiger partial charge on any atom is -0.380 e. The van der Waals surface area contributed by atoms with Crippen LogP contribution in [-0.2, 0) is 32.9 Å². The van der Waals surface area contributed by atoms with Crippen LogP contribution in [0.5, 0.6) is 0 Å². The monoisotopic (exact) mass is 599 g/mol. The third-order valence-corrected chi connectivity index (χ3v) is 9.49. The van der Waals surface area contributed by atoms with E-state index in [0.29, 0.717) is 33.6 Å². The molecule has 6 rings (SSSR count). The Morgan fingerprint density at radius 2 is 0.767 bits per heavy atom. The van der Waals surface area contributed by atoms with Crippen molar-refractivity contribution in [3.63, 3.8) is 0 Å². The van der Waals surface area contributed by atoms with Gasteiger partial charge in [-0.25, -0.2) is 17.6 Å². The molecule has 0 spiro atoms. The van der Waals surface area contributed by atoms with E-state index in [-0.39, 0.29) is 12.8 Å². The van der Waals surface area contributed by atoms with E-state index in [4.69, 9.17) is 13.8 Å². The van der Waals surface area contributed by atoms with Crippen LogP contribution in [0, 0.1) is 23.3 Å². The molecule has 0 amide bonds. The lowest BCUT2D eigenvalue weighted by Gasteiger charge is -2.46. The van der Waals surface area contributed by atoms with Gasteiger partial charge >= 0.3 is 8.56 Å². The molecule has 0 unspecified atom stereocenters. The van der Waals surface area contributed by atoms with Gasteiger partial charge in [-0.15, -0.1) is 0 Å². The second kappa shape index (κ2) is 11.2. The molecule has 1 aliphatic rings. The molecule has 0 saturated heterocycles. The summed E-state index contributed by atoms with van der Waals surface area (Å²) in [6.45, 7) is 3.81. The zero-order chi connectivity index (χ0) is 30.2. The highest BCUT2D eigenvalue weighted by molar-refractivity contribution is 6.64. The van der Waals surface area contributed by atoms with Gasteiger partial charge in [0.2, 0.25) is 0 Å². The number of nitrogens with zero attached hydrogens (tertiary/aromatic N) is 1. The van der Waals surface area contributed by atoms with Crippen LogP contribution in [-0.4, -0.2) is 13.5 Å². The van der Waals surface area contributed by atoms with Gasteiger partial charge in [0.15, 0.2) is 0 Å². The van der Waals surface area contributed by atoms with Crippen LogP contribution in [0.1, 0.15) is 33.6 Å². The third-order valence-electron chi connectivity index (χ3n) is 7.81. The molecule has 5 aromatic rings. The van der Waals surface area contributed by atoms with Crippen LogP contribution in [0.3, 0.4) is 0 Å². The standard InChI is InChI=1S/C35H29F4NO2Si/c1-43(2)41-34(24-6-14-28(36)15-7-24,25-8-16-29(37)17-9-25)22-32-4-3-5-33(40-32)23-35(42-43,26-10-18-30(38)19-11-26)27-12-20-31(39)21-13-27/h3-21H,22-23H2,1-2H3. The number of rotatable bonds is 4. The molecule has 2 bridgehead atoms. The Morgan fingerprint density at radius 3 is 1.05 bits per heavy atom. The molecule has 8 heteroatoms. The summed E-state index contributed by atoms with van der Waals surface area (Å²) in [4.78, 5) is 5.00. The summed E-state index contributed by atoms with van der Waals surface area (Å²) in [5, 5.41) is 0. The molecule has 1 aliphatic heterocycles. The average Bonchev–Trinajstić information content (AvgIpc) is 2.97. The number of pyridine rings is 1. The predicted octanol–water partition coefficient (Wildman–Crippen LogP) is 8.36. The molecule has 0 aliphatic carbocycles. The van der Waals surface area contributed by atoms with E-state index in [9.17, 15) is 17.6 Å². The number of aromatic nitrogens is 1. The fourth-order valence-corrected chi connectivity index (χ4v) is 8.36. The summed E-state index contributed by atoms with van der Waals surface area (Å²) in [5.74, 6) is -1.62. The van der Waals surface area contributed by atoms with E-state index in [0.717, 1.165) is 0 Å². The van der Waals surface area contributed by atoms with Crippen LogP contribution in [0.15, 0.2) is 115 Å². The van der Waals surface area contributed by atoms with Gasteiger partial charge in [-0.2, -0.15) is 0 Å². The Labute approximate surface area is 249 Å². The van der Waals surface area contributed by atoms with Crippen LogP contribution in [0.25, 0.3) is 0 Å². The average molecular weight is 600 g/mol. The Kier molecular flexibility index (Phi) is 7.54. The van der Waals surface area contributed by atoms with Crippen molar-refractivity contribution in [3.05, 3.63) is 172 Å². The van der Waals surface area contributed by atoms with Crippen LogP contribution >= 0.6 is 0 Å². The summed E-state index contributed by atoms with van der Waals surface area (Å²) in [5.41, 5.74) is 1.50. The van der Waals surface area contributed by atoms with Crippen molar-refractivity contribution in [2.75, 3.05) is 0 Å². The molecule has 218 valence electrons. The normalized spacial score (nSPS) is 17.3. The zero-order valence-electron chi connectivity index (χ0n) is 23.7. The van der Waals surface area contributed by atoms with E-state index < -0.39 is 43.0 Å². The second-order valence-electron chi connectivity index (χ2n) is 11.3. The maximum absolute atomic E-state index is 14.2. The van der Waals surface area contributed by atoms with Gasteiger partial charge in [0.25, 0.3) is 0 Å². The van der Waals surface area contributed by atoms with Gasteiger partial charge < -0.3 is 8.85 Å². The molecular weight excluding hydrogens is 570 g/mol. The summed E-state index contributed by atoms with van der Waals surface area (Å²) in [6.07, 6.45) is 0.524. The number of hydrogen-bond donors (Lipinski definition) is 0. The molecule has 43 heavy (non-hydrogen) atoms. The van der Waals surface area contributed by atoms with Gasteiger partial charge in [-0.3, -0.25) is 4.98 Å². The van der Waals surface area contributed by atoms with E-state index in [1.54, 1.807) is 48.5 Å². The van der Waals surface area contributed by atoms with Gasteiger partial charge in [0.05, 0.1) is 0 Å². The molecule has 0 radical (unpaired) electrons. The highest BCUT2D eigenvalue weighted by Crippen LogP contribution is 2.45. The van der Waals surface area contributed by atoms with Crippen molar-refractivity contribution < 1.29 is 26.4 Å². The van der Waals surface area contributed by atoms with E-state index in [1.807, 2.05) is 31.3 Å². The summed E-state index contributed by atoms with van der Waals surface area (Å²) >= 11 is 0. The number of hydrogen-bond acceptors (Lipinski definition) is 3. The minimum atomic E-state index is -3.31. The second-order valence-corrected chi connectivity index (χ2v) is 14.5. The van der Waals surface area contributed by atoms with E-state index >= 15 is 0 Å². The van der Waals surface area contributed by atoms with Crippen molar-refractivity contribution >= 4 is 8.56 Å². The van der Waals surface area contributed by atoms with Crippen LogP contribution in [0.2, 0.25) is 13.1 Å². The first-order valence-electron chi connectivity index (χ1n) is 14.0. The quantitative estimate of drug-likeness (QED) is 0.154. The largest absolute Gasteiger partial charge is 0.380 e. The van der Waals surface area contributed by atoms with E-state index in [1.165, 1.54) is 48.5 Å². The topological polar surface area (TPSA) is 31.4 Å². The number of halogens is 4. The maximum atomic E-state index is 14.2. The van der Waals surface area contributed by atoms with Gasteiger partial charge in [0.1, 0.15) is 34.5 Å².